The van der Waals surface area contributed by atoms with Gasteiger partial charge in [0.2, 0.25) is 0 Å². The van der Waals surface area contributed by atoms with Crippen molar-refractivity contribution in [1.82, 2.24) is 9.78 Å². The van der Waals surface area contributed by atoms with Gasteiger partial charge in [-0.25, -0.2) is 0 Å². The second-order valence-electron chi connectivity index (χ2n) is 2.61. The summed E-state index contributed by atoms with van der Waals surface area (Å²) in [4.78, 5) is 0. The Hall–Kier alpha value is -0.790. The molecule has 1 heterocycles. The second-order valence-corrected chi connectivity index (χ2v) is 2.61. The van der Waals surface area contributed by atoms with Gasteiger partial charge in [-0.15, -0.1) is 0 Å². The van der Waals surface area contributed by atoms with Crippen LogP contribution in [-0.2, 0) is 6.54 Å². The van der Waals surface area contributed by atoms with E-state index in [1.165, 1.54) is 12.8 Å². The molecule has 0 spiro atoms. The SMILES string of the molecule is [2H]c1cnn(CC2CC2)c1. The van der Waals surface area contributed by atoms with Gasteiger partial charge in [0, 0.05) is 18.9 Å². The van der Waals surface area contributed by atoms with E-state index in [-0.39, 0.29) is 0 Å². The molecule has 1 fully saturated rings. The average Bonchev–Trinajstić information content (AvgIpc) is 2.59. The van der Waals surface area contributed by atoms with E-state index in [0.29, 0.717) is 6.04 Å². The van der Waals surface area contributed by atoms with Crippen molar-refractivity contribution >= 4 is 0 Å². The molecular weight excluding hydrogens is 112 g/mol. The smallest absolute Gasteiger partial charge is 0.0656 e. The molecule has 0 radical (unpaired) electrons. The average molecular weight is 123 g/mol. The van der Waals surface area contributed by atoms with Crippen molar-refractivity contribution in [3.63, 3.8) is 0 Å². The van der Waals surface area contributed by atoms with Gasteiger partial charge in [0.25, 0.3) is 0 Å². The van der Waals surface area contributed by atoms with Crippen LogP contribution in [0.2, 0.25) is 0 Å². The Labute approximate surface area is 55.9 Å². The van der Waals surface area contributed by atoms with E-state index in [1.807, 2.05) is 4.68 Å². The topological polar surface area (TPSA) is 17.8 Å². The molecule has 1 aliphatic rings. The summed E-state index contributed by atoms with van der Waals surface area (Å²) in [5.74, 6) is 0.847. The maximum atomic E-state index is 7.20. The van der Waals surface area contributed by atoms with Crippen LogP contribution in [0.3, 0.4) is 0 Å². The summed E-state index contributed by atoms with van der Waals surface area (Å²) in [7, 11) is 0. The molecule has 0 aromatic carbocycles. The molecule has 1 saturated carbocycles. The number of hydrogen-bond acceptors (Lipinski definition) is 1. The molecule has 9 heavy (non-hydrogen) atoms. The standard InChI is InChI=1S/C7H10N2/c1-4-8-9(5-1)6-7-2-3-7/h1,4-5,7H,2-3,6H2/i1D. The van der Waals surface area contributed by atoms with Crippen LogP contribution in [0.25, 0.3) is 0 Å². The summed E-state index contributed by atoms with van der Waals surface area (Å²) in [6.45, 7) is 1.01. The third-order valence-corrected chi connectivity index (χ3v) is 1.65. The van der Waals surface area contributed by atoms with Gasteiger partial charge < -0.3 is 0 Å². The van der Waals surface area contributed by atoms with Gasteiger partial charge >= 0.3 is 0 Å². The summed E-state index contributed by atoms with van der Waals surface area (Å²) in [6, 6.07) is 0.514. The van der Waals surface area contributed by atoms with Crippen LogP contribution in [0.15, 0.2) is 18.4 Å². The summed E-state index contributed by atoms with van der Waals surface area (Å²) >= 11 is 0. The van der Waals surface area contributed by atoms with E-state index in [9.17, 15) is 0 Å². The van der Waals surface area contributed by atoms with Gasteiger partial charge in [-0.1, -0.05) is 0 Å². The first-order valence-electron chi connectivity index (χ1n) is 3.83. The lowest BCUT2D eigenvalue weighted by atomic mass is 10.4. The fourth-order valence-corrected chi connectivity index (χ4v) is 0.925. The second kappa shape index (κ2) is 1.87. The van der Waals surface area contributed by atoms with Crippen molar-refractivity contribution in [2.45, 2.75) is 19.4 Å². The lowest BCUT2D eigenvalue weighted by Crippen LogP contribution is -1.98. The van der Waals surface area contributed by atoms with Crippen LogP contribution in [0, 0.1) is 5.92 Å². The minimum absolute atomic E-state index is 0.514. The first-order chi connectivity index (χ1) is 4.84. The molecule has 1 aliphatic carbocycles. The quantitative estimate of drug-likeness (QED) is 0.579. The lowest BCUT2D eigenvalue weighted by Gasteiger charge is -1.94. The van der Waals surface area contributed by atoms with E-state index >= 15 is 0 Å². The summed E-state index contributed by atoms with van der Waals surface area (Å²) in [5, 5.41) is 4.03. The lowest BCUT2D eigenvalue weighted by molar-refractivity contribution is 0.563. The monoisotopic (exact) mass is 123 g/mol. The van der Waals surface area contributed by atoms with Crippen LogP contribution in [0.5, 0.6) is 0 Å². The summed E-state index contributed by atoms with van der Waals surface area (Å²) in [5.41, 5.74) is 0. The normalized spacial score (nSPS) is 19.8. The van der Waals surface area contributed by atoms with E-state index < -0.39 is 0 Å². The highest BCUT2D eigenvalue weighted by Crippen LogP contribution is 2.29. The molecule has 2 heteroatoms. The Morgan fingerprint density at radius 3 is 3.22 bits per heavy atom. The first kappa shape index (κ1) is 4.09. The molecule has 0 amide bonds. The third kappa shape index (κ3) is 1.12. The fourth-order valence-electron chi connectivity index (χ4n) is 0.925. The first-order valence-corrected chi connectivity index (χ1v) is 3.33. The Balaban J connectivity index is 2.03. The number of hydrogen-bond donors (Lipinski definition) is 0. The van der Waals surface area contributed by atoms with E-state index in [1.54, 1.807) is 12.4 Å². The maximum absolute atomic E-state index is 7.20. The van der Waals surface area contributed by atoms with Gasteiger partial charge in [0.15, 0.2) is 0 Å². The largest absolute Gasteiger partial charge is 0.272 e. The molecule has 1 aromatic heterocycles. The van der Waals surface area contributed by atoms with Crippen LogP contribution < -0.4 is 0 Å². The highest BCUT2D eigenvalue weighted by Gasteiger charge is 2.21. The Bertz CT molecular complexity index is 227. The maximum Gasteiger partial charge on any atom is 0.0656 e. The van der Waals surface area contributed by atoms with Crippen LogP contribution in [0.1, 0.15) is 14.2 Å². The van der Waals surface area contributed by atoms with Crippen molar-refractivity contribution in [2.75, 3.05) is 0 Å². The zero-order valence-electron chi connectivity index (χ0n) is 6.25. The Morgan fingerprint density at radius 2 is 2.67 bits per heavy atom. The molecule has 0 atom stereocenters. The van der Waals surface area contributed by atoms with Gasteiger partial charge in [-0.3, -0.25) is 4.68 Å². The number of aromatic nitrogens is 2. The summed E-state index contributed by atoms with van der Waals surface area (Å²) < 4.78 is 9.06. The molecule has 1 aromatic rings. The molecule has 2 nitrogen and oxygen atoms in total. The van der Waals surface area contributed by atoms with Gasteiger partial charge in [-0.2, -0.15) is 5.10 Å². The summed E-state index contributed by atoms with van der Waals surface area (Å²) in [6.07, 6.45) is 6.04. The minimum atomic E-state index is 0.514. The van der Waals surface area contributed by atoms with Gasteiger partial charge in [-0.05, 0) is 24.8 Å². The molecule has 0 N–H and O–H groups in total. The number of nitrogens with zero attached hydrogens (tertiary/aromatic N) is 2. The highest BCUT2D eigenvalue weighted by molar-refractivity contribution is 4.81. The number of rotatable bonds is 2. The fraction of sp³-hybridized carbons (Fsp3) is 0.571. The third-order valence-electron chi connectivity index (χ3n) is 1.65. The van der Waals surface area contributed by atoms with Gasteiger partial charge in [0.1, 0.15) is 0 Å². The van der Waals surface area contributed by atoms with Crippen LogP contribution in [0.4, 0.5) is 0 Å². The zero-order chi connectivity index (χ0) is 6.97. The molecule has 48 valence electrons. The minimum Gasteiger partial charge on any atom is -0.272 e. The van der Waals surface area contributed by atoms with Crippen LogP contribution >= 0.6 is 0 Å². The molecule has 0 saturated heterocycles. The van der Waals surface area contributed by atoms with E-state index in [2.05, 4.69) is 5.10 Å². The van der Waals surface area contributed by atoms with Crippen LogP contribution in [-0.4, -0.2) is 9.78 Å². The van der Waals surface area contributed by atoms with E-state index in [0.717, 1.165) is 12.5 Å². The molecule has 2 rings (SSSR count). The molecule has 0 aliphatic heterocycles. The molecule has 0 unspecified atom stereocenters. The van der Waals surface area contributed by atoms with Crippen molar-refractivity contribution in [3.8, 4) is 0 Å². The molecular formula is C7H10N2. The predicted molar refractivity (Wildman–Crippen MR) is 35.0 cm³/mol. The van der Waals surface area contributed by atoms with E-state index in [4.69, 9.17) is 1.37 Å². The zero-order valence-corrected chi connectivity index (χ0v) is 5.25. The van der Waals surface area contributed by atoms with Crippen molar-refractivity contribution in [1.29, 1.82) is 0 Å². The van der Waals surface area contributed by atoms with Crippen molar-refractivity contribution < 1.29 is 1.37 Å². The Kier molecular flexibility index (Phi) is 0.848. The Morgan fingerprint density at radius 1 is 1.78 bits per heavy atom. The molecule has 0 bridgehead atoms. The van der Waals surface area contributed by atoms with Crippen molar-refractivity contribution in [3.05, 3.63) is 18.4 Å². The highest BCUT2D eigenvalue weighted by atomic mass is 15.3. The van der Waals surface area contributed by atoms with Crippen molar-refractivity contribution in [2.24, 2.45) is 5.92 Å². The van der Waals surface area contributed by atoms with Gasteiger partial charge in [0.05, 0.1) is 1.37 Å². The predicted octanol–water partition coefficient (Wildman–Crippen LogP) is 1.29.